The standard InChI is InChI=1S/C11H18N4/c1-8-3-4-9(2)15(6-8)11-10(12)5-13-7-14-11/h5,7-9H,3-4,6,12H2,1-2H3. The molecule has 2 rings (SSSR count). The number of nitrogen functional groups attached to an aromatic ring is 1. The molecule has 1 aromatic rings. The van der Waals surface area contributed by atoms with E-state index < -0.39 is 0 Å². The van der Waals surface area contributed by atoms with Crippen molar-refractivity contribution in [2.24, 2.45) is 5.92 Å². The first-order chi connectivity index (χ1) is 7.18. The van der Waals surface area contributed by atoms with Crippen LogP contribution in [-0.4, -0.2) is 22.6 Å². The summed E-state index contributed by atoms with van der Waals surface area (Å²) in [6.45, 7) is 5.55. The quantitative estimate of drug-likeness (QED) is 0.759. The minimum absolute atomic E-state index is 0.526. The molecule has 1 aliphatic heterocycles. The van der Waals surface area contributed by atoms with Crippen molar-refractivity contribution in [3.05, 3.63) is 12.5 Å². The van der Waals surface area contributed by atoms with Gasteiger partial charge in [0.25, 0.3) is 0 Å². The number of nitrogens with zero attached hydrogens (tertiary/aromatic N) is 3. The molecule has 0 bridgehead atoms. The Morgan fingerprint density at radius 2 is 2.20 bits per heavy atom. The molecule has 2 heterocycles. The van der Waals surface area contributed by atoms with Crippen LogP contribution in [0.2, 0.25) is 0 Å². The van der Waals surface area contributed by atoms with Gasteiger partial charge in [-0.2, -0.15) is 0 Å². The lowest BCUT2D eigenvalue weighted by Gasteiger charge is -2.38. The molecule has 0 amide bonds. The molecule has 1 saturated heterocycles. The number of piperidine rings is 1. The zero-order chi connectivity index (χ0) is 10.8. The highest BCUT2D eigenvalue weighted by atomic mass is 15.2. The third-order valence-corrected chi connectivity index (χ3v) is 3.11. The summed E-state index contributed by atoms with van der Waals surface area (Å²) in [4.78, 5) is 10.5. The van der Waals surface area contributed by atoms with Gasteiger partial charge in [0.15, 0.2) is 5.82 Å². The van der Waals surface area contributed by atoms with Crippen LogP contribution in [0.15, 0.2) is 12.5 Å². The first-order valence-corrected chi connectivity index (χ1v) is 5.50. The van der Waals surface area contributed by atoms with Gasteiger partial charge in [0.2, 0.25) is 0 Å². The molecule has 2 unspecified atom stereocenters. The normalized spacial score (nSPS) is 26.7. The average molecular weight is 206 g/mol. The topological polar surface area (TPSA) is 55.0 Å². The molecule has 15 heavy (non-hydrogen) atoms. The Kier molecular flexibility index (Phi) is 2.75. The minimum Gasteiger partial charge on any atom is -0.394 e. The molecule has 2 atom stereocenters. The van der Waals surface area contributed by atoms with Crippen molar-refractivity contribution < 1.29 is 0 Å². The maximum absolute atomic E-state index is 5.89. The Labute approximate surface area is 90.5 Å². The smallest absolute Gasteiger partial charge is 0.155 e. The first-order valence-electron chi connectivity index (χ1n) is 5.50. The van der Waals surface area contributed by atoms with Crippen LogP contribution in [0.4, 0.5) is 11.5 Å². The van der Waals surface area contributed by atoms with Crippen LogP contribution in [0.1, 0.15) is 26.7 Å². The Balaban J connectivity index is 2.25. The number of hydrogen-bond donors (Lipinski definition) is 1. The predicted octanol–water partition coefficient (Wildman–Crippen LogP) is 1.68. The molecular weight excluding hydrogens is 188 g/mol. The van der Waals surface area contributed by atoms with Crippen LogP contribution in [0.3, 0.4) is 0 Å². The number of nitrogens with two attached hydrogens (primary N) is 1. The van der Waals surface area contributed by atoms with Crippen LogP contribution < -0.4 is 10.6 Å². The van der Waals surface area contributed by atoms with E-state index in [9.17, 15) is 0 Å². The van der Waals surface area contributed by atoms with E-state index in [-0.39, 0.29) is 0 Å². The maximum atomic E-state index is 5.89. The van der Waals surface area contributed by atoms with E-state index in [4.69, 9.17) is 5.73 Å². The van der Waals surface area contributed by atoms with Gasteiger partial charge in [-0.1, -0.05) is 6.92 Å². The fourth-order valence-corrected chi connectivity index (χ4v) is 2.16. The van der Waals surface area contributed by atoms with Crippen LogP contribution >= 0.6 is 0 Å². The molecule has 0 aliphatic carbocycles. The Bertz CT molecular complexity index is 339. The second-order valence-corrected chi connectivity index (χ2v) is 4.49. The van der Waals surface area contributed by atoms with Gasteiger partial charge >= 0.3 is 0 Å². The minimum atomic E-state index is 0.526. The highest BCUT2D eigenvalue weighted by molar-refractivity contribution is 5.61. The lowest BCUT2D eigenvalue weighted by atomic mass is 9.95. The monoisotopic (exact) mass is 206 g/mol. The van der Waals surface area contributed by atoms with E-state index in [2.05, 4.69) is 28.7 Å². The second-order valence-electron chi connectivity index (χ2n) is 4.49. The average Bonchev–Trinajstić information content (AvgIpc) is 2.23. The van der Waals surface area contributed by atoms with Crippen molar-refractivity contribution in [2.75, 3.05) is 17.2 Å². The van der Waals surface area contributed by atoms with E-state index in [0.29, 0.717) is 11.7 Å². The maximum Gasteiger partial charge on any atom is 0.155 e. The van der Waals surface area contributed by atoms with E-state index in [1.54, 1.807) is 12.5 Å². The van der Waals surface area contributed by atoms with Crippen LogP contribution in [0, 0.1) is 5.92 Å². The molecule has 4 nitrogen and oxygen atoms in total. The van der Waals surface area contributed by atoms with Crippen molar-refractivity contribution in [3.8, 4) is 0 Å². The molecule has 0 saturated carbocycles. The molecule has 1 aliphatic rings. The Morgan fingerprint density at radius 1 is 1.40 bits per heavy atom. The summed E-state index contributed by atoms with van der Waals surface area (Å²) >= 11 is 0. The largest absolute Gasteiger partial charge is 0.394 e. The Hall–Kier alpha value is -1.32. The second kappa shape index (κ2) is 4.04. The Morgan fingerprint density at radius 3 is 2.93 bits per heavy atom. The third-order valence-electron chi connectivity index (χ3n) is 3.11. The van der Waals surface area contributed by atoms with Gasteiger partial charge in [-0.25, -0.2) is 9.97 Å². The highest BCUT2D eigenvalue weighted by Crippen LogP contribution is 2.28. The van der Waals surface area contributed by atoms with Crippen LogP contribution in [0.5, 0.6) is 0 Å². The zero-order valence-electron chi connectivity index (χ0n) is 9.35. The molecular formula is C11H18N4. The van der Waals surface area contributed by atoms with Gasteiger partial charge < -0.3 is 10.6 Å². The summed E-state index contributed by atoms with van der Waals surface area (Å²) in [5, 5.41) is 0. The molecule has 1 aromatic heterocycles. The summed E-state index contributed by atoms with van der Waals surface area (Å²) in [7, 11) is 0. The predicted molar refractivity (Wildman–Crippen MR) is 61.7 cm³/mol. The first kappa shape index (κ1) is 10.2. The lowest BCUT2D eigenvalue weighted by Crippen LogP contribution is -2.41. The molecule has 1 fully saturated rings. The molecule has 4 heteroatoms. The van der Waals surface area contributed by atoms with E-state index in [1.165, 1.54) is 12.8 Å². The molecule has 0 aromatic carbocycles. The third kappa shape index (κ3) is 2.03. The van der Waals surface area contributed by atoms with Crippen molar-refractivity contribution in [1.29, 1.82) is 0 Å². The number of rotatable bonds is 1. The fraction of sp³-hybridized carbons (Fsp3) is 0.636. The molecule has 0 spiro atoms. The van der Waals surface area contributed by atoms with Gasteiger partial charge in [0.05, 0.1) is 11.9 Å². The number of hydrogen-bond acceptors (Lipinski definition) is 4. The number of aromatic nitrogens is 2. The lowest BCUT2D eigenvalue weighted by molar-refractivity contribution is 0.388. The van der Waals surface area contributed by atoms with Crippen molar-refractivity contribution in [3.63, 3.8) is 0 Å². The SMILES string of the molecule is CC1CCC(C)N(c2ncncc2N)C1. The zero-order valence-corrected chi connectivity index (χ0v) is 9.35. The summed E-state index contributed by atoms with van der Waals surface area (Å²) in [5.41, 5.74) is 6.57. The fourth-order valence-electron chi connectivity index (χ4n) is 2.16. The molecule has 0 radical (unpaired) electrons. The van der Waals surface area contributed by atoms with Gasteiger partial charge in [0.1, 0.15) is 6.33 Å². The van der Waals surface area contributed by atoms with E-state index >= 15 is 0 Å². The van der Waals surface area contributed by atoms with E-state index in [1.807, 2.05) is 0 Å². The van der Waals surface area contributed by atoms with Gasteiger partial charge in [-0.05, 0) is 25.7 Å². The van der Waals surface area contributed by atoms with Crippen LogP contribution in [-0.2, 0) is 0 Å². The van der Waals surface area contributed by atoms with E-state index in [0.717, 1.165) is 18.3 Å². The van der Waals surface area contributed by atoms with Crippen molar-refractivity contribution >= 4 is 11.5 Å². The van der Waals surface area contributed by atoms with Crippen molar-refractivity contribution in [2.45, 2.75) is 32.7 Å². The highest BCUT2D eigenvalue weighted by Gasteiger charge is 2.25. The number of anilines is 2. The van der Waals surface area contributed by atoms with Gasteiger partial charge in [-0.3, -0.25) is 0 Å². The summed E-state index contributed by atoms with van der Waals surface area (Å²) in [5.74, 6) is 1.61. The molecule has 2 N–H and O–H groups in total. The summed E-state index contributed by atoms with van der Waals surface area (Å²) in [6, 6.07) is 0.526. The summed E-state index contributed by atoms with van der Waals surface area (Å²) < 4.78 is 0. The van der Waals surface area contributed by atoms with Crippen molar-refractivity contribution in [1.82, 2.24) is 9.97 Å². The van der Waals surface area contributed by atoms with Crippen LogP contribution in [0.25, 0.3) is 0 Å². The van der Waals surface area contributed by atoms with Gasteiger partial charge in [0, 0.05) is 12.6 Å². The van der Waals surface area contributed by atoms with Gasteiger partial charge in [-0.15, -0.1) is 0 Å². The molecule has 82 valence electrons. The summed E-state index contributed by atoms with van der Waals surface area (Å²) in [6.07, 6.45) is 5.75.